The van der Waals surface area contributed by atoms with Gasteiger partial charge in [0.05, 0.1) is 0 Å². The number of rotatable bonds is 3. The maximum absolute atomic E-state index is 12.1. The molecule has 0 radical (unpaired) electrons. The highest BCUT2D eigenvalue weighted by molar-refractivity contribution is 5.79. The van der Waals surface area contributed by atoms with Gasteiger partial charge in [-0.15, -0.1) is 6.58 Å². The lowest BCUT2D eigenvalue weighted by Gasteiger charge is -2.37. The molecule has 3 heterocycles. The molecule has 5 nitrogen and oxygen atoms in total. The van der Waals surface area contributed by atoms with Crippen molar-refractivity contribution in [1.29, 1.82) is 0 Å². The Balaban J connectivity index is 1.69. The van der Waals surface area contributed by atoms with Crippen LogP contribution in [0.3, 0.4) is 0 Å². The van der Waals surface area contributed by atoms with E-state index in [4.69, 9.17) is 0 Å². The Bertz CT molecular complexity index is 490. The molecule has 2 fully saturated rings. The summed E-state index contributed by atoms with van der Waals surface area (Å²) in [4.78, 5) is 24.9. The predicted molar refractivity (Wildman–Crippen MR) is 77.3 cm³/mol. The molecule has 1 aromatic heterocycles. The Morgan fingerprint density at radius 3 is 2.80 bits per heavy atom. The molecule has 0 spiro atoms. The number of likely N-dealkylation sites (tertiary alicyclic amines) is 1. The van der Waals surface area contributed by atoms with E-state index >= 15 is 0 Å². The molecular weight excluding hydrogens is 252 g/mol. The lowest BCUT2D eigenvalue weighted by Crippen LogP contribution is -2.49. The second-order valence-electron chi connectivity index (χ2n) is 5.54. The smallest absolute Gasteiger partial charge is 0.225 e. The van der Waals surface area contributed by atoms with Crippen LogP contribution in [-0.2, 0) is 4.79 Å². The number of hydrogen-bond acceptors (Lipinski definition) is 4. The molecule has 1 aromatic rings. The number of carbonyl (C=O) groups is 1. The molecule has 0 bridgehead atoms. The molecule has 2 atom stereocenters. The Morgan fingerprint density at radius 2 is 2.10 bits per heavy atom. The highest BCUT2D eigenvalue weighted by atomic mass is 16.2. The van der Waals surface area contributed by atoms with E-state index in [9.17, 15) is 4.79 Å². The Morgan fingerprint density at radius 1 is 1.30 bits per heavy atom. The number of aromatic nitrogens is 2. The zero-order valence-corrected chi connectivity index (χ0v) is 11.6. The Labute approximate surface area is 119 Å². The van der Waals surface area contributed by atoms with Crippen LogP contribution in [0.5, 0.6) is 0 Å². The zero-order valence-electron chi connectivity index (χ0n) is 11.6. The fraction of sp³-hybridized carbons (Fsp3) is 0.533. The predicted octanol–water partition coefficient (Wildman–Crippen LogP) is 1.48. The van der Waals surface area contributed by atoms with Crippen molar-refractivity contribution in [3.63, 3.8) is 0 Å². The maximum atomic E-state index is 12.1. The third-order valence-electron chi connectivity index (χ3n) is 4.19. The first-order valence-corrected chi connectivity index (χ1v) is 7.22. The van der Waals surface area contributed by atoms with Crippen LogP contribution >= 0.6 is 0 Å². The quantitative estimate of drug-likeness (QED) is 0.782. The SMILES string of the molecule is C=CC1CC(=O)N(C2CCCN(c3ncccn3)C2)C1. The summed E-state index contributed by atoms with van der Waals surface area (Å²) in [6.07, 6.45) is 8.19. The molecule has 20 heavy (non-hydrogen) atoms. The minimum Gasteiger partial charge on any atom is -0.339 e. The Hall–Kier alpha value is -1.91. The van der Waals surface area contributed by atoms with Crippen LogP contribution in [0.4, 0.5) is 5.95 Å². The van der Waals surface area contributed by atoms with Gasteiger partial charge in [-0.05, 0) is 18.9 Å². The van der Waals surface area contributed by atoms with Crippen LogP contribution in [0.25, 0.3) is 0 Å². The van der Waals surface area contributed by atoms with Crippen molar-refractivity contribution in [1.82, 2.24) is 14.9 Å². The standard InChI is InChI=1S/C15H20N4O/c1-2-12-9-14(20)19(10-12)13-5-3-8-18(11-13)15-16-6-4-7-17-15/h2,4,6-7,12-13H,1,3,5,8-11H2. The van der Waals surface area contributed by atoms with Gasteiger partial charge in [0.2, 0.25) is 11.9 Å². The lowest BCUT2D eigenvalue weighted by atomic mass is 10.0. The highest BCUT2D eigenvalue weighted by Gasteiger charge is 2.35. The fourth-order valence-corrected chi connectivity index (χ4v) is 3.12. The normalized spacial score (nSPS) is 26.9. The van der Waals surface area contributed by atoms with Gasteiger partial charge < -0.3 is 9.80 Å². The zero-order chi connectivity index (χ0) is 13.9. The van der Waals surface area contributed by atoms with Gasteiger partial charge in [-0.2, -0.15) is 0 Å². The van der Waals surface area contributed by atoms with Crippen LogP contribution in [0.1, 0.15) is 19.3 Å². The molecule has 2 saturated heterocycles. The van der Waals surface area contributed by atoms with Crippen molar-refractivity contribution >= 4 is 11.9 Å². The second kappa shape index (κ2) is 5.61. The molecule has 2 unspecified atom stereocenters. The van der Waals surface area contributed by atoms with E-state index in [0.717, 1.165) is 38.4 Å². The molecule has 106 valence electrons. The number of anilines is 1. The summed E-state index contributed by atoms with van der Waals surface area (Å²) in [5.74, 6) is 1.34. The van der Waals surface area contributed by atoms with E-state index in [0.29, 0.717) is 12.3 Å². The molecule has 0 saturated carbocycles. The van der Waals surface area contributed by atoms with E-state index in [1.165, 1.54) is 0 Å². The highest BCUT2D eigenvalue weighted by Crippen LogP contribution is 2.26. The van der Waals surface area contributed by atoms with Crippen molar-refractivity contribution in [2.45, 2.75) is 25.3 Å². The van der Waals surface area contributed by atoms with Gasteiger partial charge in [-0.1, -0.05) is 6.08 Å². The second-order valence-corrected chi connectivity index (χ2v) is 5.54. The van der Waals surface area contributed by atoms with E-state index in [-0.39, 0.29) is 11.9 Å². The first-order chi connectivity index (χ1) is 9.78. The minimum absolute atomic E-state index is 0.260. The molecule has 2 aliphatic rings. The van der Waals surface area contributed by atoms with Gasteiger partial charge in [0.25, 0.3) is 0 Å². The summed E-state index contributed by atoms with van der Waals surface area (Å²) < 4.78 is 0. The van der Waals surface area contributed by atoms with Crippen LogP contribution in [0.2, 0.25) is 0 Å². The van der Waals surface area contributed by atoms with Crippen LogP contribution < -0.4 is 4.90 Å². The Kier molecular flexibility index (Phi) is 3.67. The summed E-state index contributed by atoms with van der Waals surface area (Å²) in [6, 6.07) is 2.11. The van der Waals surface area contributed by atoms with Crippen molar-refractivity contribution in [2.24, 2.45) is 5.92 Å². The van der Waals surface area contributed by atoms with Crippen LogP contribution in [-0.4, -0.2) is 46.5 Å². The third kappa shape index (κ3) is 2.53. The van der Waals surface area contributed by atoms with Crippen LogP contribution in [0, 0.1) is 5.92 Å². The van der Waals surface area contributed by atoms with Gasteiger partial charge in [-0.25, -0.2) is 9.97 Å². The molecule has 1 amide bonds. The van der Waals surface area contributed by atoms with E-state index in [2.05, 4.69) is 21.4 Å². The molecule has 0 N–H and O–H groups in total. The van der Waals surface area contributed by atoms with Gasteiger partial charge in [0.15, 0.2) is 0 Å². The van der Waals surface area contributed by atoms with Crippen molar-refractivity contribution in [2.75, 3.05) is 24.5 Å². The first kappa shape index (κ1) is 13.1. The number of amides is 1. The number of nitrogens with zero attached hydrogens (tertiary/aromatic N) is 4. The van der Waals surface area contributed by atoms with Gasteiger partial charge in [-0.3, -0.25) is 4.79 Å². The largest absolute Gasteiger partial charge is 0.339 e. The van der Waals surface area contributed by atoms with Gasteiger partial charge >= 0.3 is 0 Å². The lowest BCUT2D eigenvalue weighted by molar-refractivity contribution is -0.129. The monoisotopic (exact) mass is 272 g/mol. The molecule has 0 aromatic carbocycles. The topological polar surface area (TPSA) is 49.3 Å². The van der Waals surface area contributed by atoms with Gasteiger partial charge in [0.1, 0.15) is 0 Å². The summed E-state index contributed by atoms with van der Waals surface area (Å²) in [7, 11) is 0. The van der Waals surface area contributed by atoms with Crippen molar-refractivity contribution < 1.29 is 4.79 Å². The van der Waals surface area contributed by atoms with E-state index in [1.54, 1.807) is 12.4 Å². The molecule has 3 rings (SSSR count). The van der Waals surface area contributed by atoms with Crippen LogP contribution in [0.15, 0.2) is 31.1 Å². The molecule has 5 heteroatoms. The number of piperidine rings is 1. The van der Waals surface area contributed by atoms with Crippen molar-refractivity contribution in [3.8, 4) is 0 Å². The number of hydrogen-bond donors (Lipinski definition) is 0. The van der Waals surface area contributed by atoms with Gasteiger partial charge in [0, 0.05) is 50.4 Å². The summed E-state index contributed by atoms with van der Waals surface area (Å²) in [5, 5.41) is 0. The molecule has 2 aliphatic heterocycles. The molecule has 0 aliphatic carbocycles. The third-order valence-corrected chi connectivity index (χ3v) is 4.19. The number of carbonyl (C=O) groups excluding carboxylic acids is 1. The fourth-order valence-electron chi connectivity index (χ4n) is 3.12. The first-order valence-electron chi connectivity index (χ1n) is 7.22. The van der Waals surface area contributed by atoms with E-state index < -0.39 is 0 Å². The summed E-state index contributed by atoms with van der Waals surface area (Å²) >= 11 is 0. The minimum atomic E-state index is 0.260. The summed E-state index contributed by atoms with van der Waals surface area (Å²) in [5.41, 5.74) is 0. The van der Waals surface area contributed by atoms with E-state index in [1.807, 2.05) is 17.0 Å². The maximum Gasteiger partial charge on any atom is 0.225 e. The summed E-state index contributed by atoms with van der Waals surface area (Å²) in [6.45, 7) is 6.42. The molecular formula is C15H20N4O. The average Bonchev–Trinajstić information content (AvgIpc) is 2.89. The van der Waals surface area contributed by atoms with Crippen molar-refractivity contribution in [3.05, 3.63) is 31.1 Å². The average molecular weight is 272 g/mol.